The quantitative estimate of drug-likeness (QED) is 0.310. The van der Waals surface area contributed by atoms with Crippen LogP contribution in [0.25, 0.3) is 0 Å². The molecular weight excluding hydrogens is 288 g/mol. The van der Waals surface area contributed by atoms with Crippen LogP contribution in [0.1, 0.15) is 26.7 Å². The monoisotopic (exact) mass is 312 g/mol. The summed E-state index contributed by atoms with van der Waals surface area (Å²) >= 11 is 0. The fourth-order valence-corrected chi connectivity index (χ4v) is 1.64. The molecule has 1 aromatic carbocycles. The minimum Gasteiger partial charge on any atom is -0.504 e. The van der Waals surface area contributed by atoms with E-state index in [4.69, 9.17) is 18.9 Å². The van der Waals surface area contributed by atoms with Crippen molar-refractivity contribution in [1.29, 1.82) is 0 Å². The van der Waals surface area contributed by atoms with Crippen molar-refractivity contribution >= 4 is 5.97 Å². The van der Waals surface area contributed by atoms with Gasteiger partial charge in [0, 0.05) is 13.5 Å². The molecule has 22 heavy (non-hydrogen) atoms. The van der Waals surface area contributed by atoms with Gasteiger partial charge in [0.2, 0.25) is 5.75 Å². The number of carbonyl (C=O) groups excluding carboxylic acids is 1. The molecule has 0 aliphatic carbocycles. The van der Waals surface area contributed by atoms with Crippen LogP contribution in [-0.2, 0) is 14.3 Å². The molecule has 0 bridgehead atoms. The maximum Gasteiger partial charge on any atom is 0.311 e. The average molecular weight is 312 g/mol. The fourth-order valence-electron chi connectivity index (χ4n) is 1.64. The molecule has 0 saturated heterocycles. The van der Waals surface area contributed by atoms with Crippen LogP contribution in [0.4, 0.5) is 0 Å². The fraction of sp³-hybridized carbons (Fsp3) is 0.562. The van der Waals surface area contributed by atoms with E-state index < -0.39 is 5.97 Å². The first-order valence-electron chi connectivity index (χ1n) is 7.26. The second kappa shape index (κ2) is 10.0. The summed E-state index contributed by atoms with van der Waals surface area (Å²) in [5.74, 6) is 0.233. The first-order valence-corrected chi connectivity index (χ1v) is 7.26. The first-order chi connectivity index (χ1) is 10.5. The van der Waals surface area contributed by atoms with E-state index in [1.165, 1.54) is 13.2 Å². The van der Waals surface area contributed by atoms with E-state index in [0.29, 0.717) is 24.7 Å². The Morgan fingerprint density at radius 2 is 2.05 bits per heavy atom. The molecule has 0 heterocycles. The second-order valence-electron chi connectivity index (χ2n) is 5.17. The van der Waals surface area contributed by atoms with Crippen molar-refractivity contribution in [2.45, 2.75) is 26.7 Å². The highest BCUT2D eigenvalue weighted by molar-refractivity contribution is 5.74. The lowest BCUT2D eigenvalue weighted by Gasteiger charge is -2.13. The maximum absolute atomic E-state index is 11.8. The van der Waals surface area contributed by atoms with Gasteiger partial charge in [-0.05, 0) is 24.5 Å². The second-order valence-corrected chi connectivity index (χ2v) is 5.17. The molecule has 6 heteroatoms. The van der Waals surface area contributed by atoms with Gasteiger partial charge in [0.25, 0.3) is 0 Å². The summed E-state index contributed by atoms with van der Waals surface area (Å²) in [6, 6.07) is 4.69. The number of phenols is 1. The SMILES string of the molecule is COCOCCOc1cccc(O)c1OC(=O)CCC(C)C. The van der Waals surface area contributed by atoms with Crippen LogP contribution in [-0.4, -0.2) is 38.2 Å². The normalized spacial score (nSPS) is 10.7. The molecule has 124 valence electrons. The van der Waals surface area contributed by atoms with Gasteiger partial charge in [-0.1, -0.05) is 19.9 Å². The summed E-state index contributed by atoms with van der Waals surface area (Å²) in [5, 5.41) is 9.85. The van der Waals surface area contributed by atoms with Crippen LogP contribution in [0.5, 0.6) is 17.2 Å². The lowest BCUT2D eigenvalue weighted by molar-refractivity contribution is -0.134. The Balaban J connectivity index is 2.58. The van der Waals surface area contributed by atoms with Crippen LogP contribution in [0.15, 0.2) is 18.2 Å². The molecule has 1 N–H and O–H groups in total. The van der Waals surface area contributed by atoms with Crippen LogP contribution < -0.4 is 9.47 Å². The lowest BCUT2D eigenvalue weighted by atomic mass is 10.1. The van der Waals surface area contributed by atoms with Gasteiger partial charge in [-0.2, -0.15) is 0 Å². The van der Waals surface area contributed by atoms with Gasteiger partial charge in [0.1, 0.15) is 13.4 Å². The predicted molar refractivity (Wildman–Crippen MR) is 81.1 cm³/mol. The zero-order valence-electron chi connectivity index (χ0n) is 13.3. The third-order valence-electron chi connectivity index (χ3n) is 2.79. The molecule has 1 rings (SSSR count). The van der Waals surface area contributed by atoms with E-state index in [0.717, 1.165) is 6.42 Å². The third-order valence-corrected chi connectivity index (χ3v) is 2.79. The Hall–Kier alpha value is -1.79. The lowest BCUT2D eigenvalue weighted by Crippen LogP contribution is -2.12. The highest BCUT2D eigenvalue weighted by atomic mass is 16.7. The third kappa shape index (κ3) is 6.78. The number of esters is 1. The number of rotatable bonds is 10. The number of phenolic OH excluding ortho intramolecular Hbond substituents is 1. The number of para-hydroxylation sites is 1. The van der Waals surface area contributed by atoms with Crippen molar-refractivity contribution in [3.63, 3.8) is 0 Å². The van der Waals surface area contributed by atoms with Gasteiger partial charge in [-0.15, -0.1) is 0 Å². The summed E-state index contributed by atoms with van der Waals surface area (Å²) < 4.78 is 20.6. The van der Waals surface area contributed by atoms with E-state index in [2.05, 4.69) is 0 Å². The van der Waals surface area contributed by atoms with Gasteiger partial charge in [0.15, 0.2) is 11.5 Å². The zero-order valence-corrected chi connectivity index (χ0v) is 13.3. The molecule has 0 saturated carbocycles. The number of ether oxygens (including phenoxy) is 4. The number of hydrogen-bond acceptors (Lipinski definition) is 6. The number of methoxy groups -OCH3 is 1. The molecule has 0 radical (unpaired) electrons. The van der Waals surface area contributed by atoms with Crippen LogP contribution in [0, 0.1) is 5.92 Å². The Morgan fingerprint density at radius 3 is 2.73 bits per heavy atom. The highest BCUT2D eigenvalue weighted by Gasteiger charge is 2.15. The molecule has 0 unspecified atom stereocenters. The number of hydrogen-bond donors (Lipinski definition) is 1. The largest absolute Gasteiger partial charge is 0.504 e. The smallest absolute Gasteiger partial charge is 0.311 e. The van der Waals surface area contributed by atoms with Crippen molar-refractivity contribution in [3.8, 4) is 17.2 Å². The molecule has 6 nitrogen and oxygen atoms in total. The zero-order chi connectivity index (χ0) is 16.4. The Morgan fingerprint density at radius 1 is 1.27 bits per heavy atom. The van der Waals surface area contributed by atoms with E-state index in [9.17, 15) is 9.90 Å². The molecule has 1 aromatic rings. The summed E-state index contributed by atoms with van der Waals surface area (Å²) in [6.45, 7) is 4.82. The van der Waals surface area contributed by atoms with Crippen molar-refractivity contribution in [2.75, 3.05) is 27.1 Å². The van der Waals surface area contributed by atoms with Crippen molar-refractivity contribution in [1.82, 2.24) is 0 Å². The number of benzene rings is 1. The van der Waals surface area contributed by atoms with Crippen LogP contribution in [0.2, 0.25) is 0 Å². The van der Waals surface area contributed by atoms with E-state index in [1.807, 2.05) is 13.8 Å². The molecule has 0 fully saturated rings. The minimum atomic E-state index is -0.393. The standard InChI is InChI=1S/C16H24O6/c1-12(2)7-8-15(18)22-16-13(17)5-4-6-14(16)21-10-9-20-11-19-3/h4-6,12,17H,7-11H2,1-3H3. The molecule has 0 aliphatic rings. The summed E-state index contributed by atoms with van der Waals surface area (Å²) in [4.78, 5) is 11.8. The Labute approximate surface area is 130 Å². The molecule has 0 atom stereocenters. The van der Waals surface area contributed by atoms with Crippen molar-refractivity contribution < 1.29 is 28.8 Å². The van der Waals surface area contributed by atoms with Gasteiger partial charge in [0.05, 0.1) is 6.61 Å². The van der Waals surface area contributed by atoms with E-state index >= 15 is 0 Å². The average Bonchev–Trinajstić information content (AvgIpc) is 2.48. The minimum absolute atomic E-state index is 0.0444. The van der Waals surface area contributed by atoms with Gasteiger partial charge >= 0.3 is 5.97 Å². The van der Waals surface area contributed by atoms with E-state index in [-0.39, 0.29) is 24.9 Å². The molecule has 0 amide bonds. The summed E-state index contributed by atoms with van der Waals surface area (Å²) in [6.07, 6.45) is 1.02. The van der Waals surface area contributed by atoms with Gasteiger partial charge in [-0.3, -0.25) is 4.79 Å². The summed E-state index contributed by atoms with van der Waals surface area (Å²) in [7, 11) is 1.53. The highest BCUT2D eigenvalue weighted by Crippen LogP contribution is 2.36. The Kier molecular flexibility index (Phi) is 8.32. The maximum atomic E-state index is 11.8. The number of aromatic hydroxyl groups is 1. The number of carbonyl (C=O) groups is 1. The van der Waals surface area contributed by atoms with Crippen LogP contribution >= 0.6 is 0 Å². The molecule has 0 aliphatic heterocycles. The molecular formula is C16H24O6. The van der Waals surface area contributed by atoms with Crippen LogP contribution in [0.3, 0.4) is 0 Å². The van der Waals surface area contributed by atoms with Gasteiger partial charge < -0.3 is 24.1 Å². The molecule has 0 aromatic heterocycles. The topological polar surface area (TPSA) is 74.2 Å². The first kappa shape index (κ1) is 18.3. The van der Waals surface area contributed by atoms with Crippen molar-refractivity contribution in [2.24, 2.45) is 5.92 Å². The predicted octanol–water partition coefficient (Wildman–Crippen LogP) is 2.73. The molecule has 0 spiro atoms. The summed E-state index contributed by atoms with van der Waals surface area (Å²) in [5.41, 5.74) is 0. The van der Waals surface area contributed by atoms with Crippen molar-refractivity contribution in [3.05, 3.63) is 18.2 Å². The Bertz CT molecular complexity index is 458. The van der Waals surface area contributed by atoms with E-state index in [1.54, 1.807) is 12.1 Å². The van der Waals surface area contributed by atoms with Gasteiger partial charge in [-0.25, -0.2) is 0 Å².